The molecule has 2 aliphatic heterocycles. The third-order valence-corrected chi connectivity index (χ3v) is 5.74. The lowest BCUT2D eigenvalue weighted by atomic mass is 9.86. The molecule has 2 heterocycles. The Morgan fingerprint density at radius 2 is 2.04 bits per heavy atom. The van der Waals surface area contributed by atoms with Crippen molar-refractivity contribution in [3.05, 3.63) is 59.2 Å². The Morgan fingerprint density at radius 1 is 1.25 bits per heavy atom. The Morgan fingerprint density at radius 3 is 2.79 bits per heavy atom. The van der Waals surface area contributed by atoms with Crippen molar-refractivity contribution in [1.82, 2.24) is 0 Å². The van der Waals surface area contributed by atoms with Gasteiger partial charge in [0.2, 0.25) is 12.5 Å². The van der Waals surface area contributed by atoms with Crippen molar-refractivity contribution in [3.63, 3.8) is 0 Å². The highest BCUT2D eigenvalue weighted by Crippen LogP contribution is 2.51. The highest BCUT2D eigenvalue weighted by atomic mass is 16.7. The molecule has 0 N–H and O–H groups in total. The first-order valence-corrected chi connectivity index (χ1v) is 9.57. The van der Waals surface area contributed by atoms with Gasteiger partial charge >= 0.3 is 0 Å². The molecule has 0 fully saturated rings. The zero-order valence-corrected chi connectivity index (χ0v) is 16.6. The Hall–Kier alpha value is -2.79. The van der Waals surface area contributed by atoms with E-state index < -0.39 is 0 Å². The van der Waals surface area contributed by atoms with E-state index in [1.54, 1.807) is 13.2 Å². The highest BCUT2D eigenvalue weighted by Gasteiger charge is 2.41. The molecule has 1 unspecified atom stereocenters. The summed E-state index contributed by atoms with van der Waals surface area (Å²) in [6.07, 6.45) is 4.89. The summed E-state index contributed by atoms with van der Waals surface area (Å²) in [5.41, 5.74) is 3.28. The third kappa shape index (κ3) is 3.38. The Labute approximate surface area is 165 Å². The number of ether oxygens (including phenoxy) is 3. The van der Waals surface area contributed by atoms with Crippen molar-refractivity contribution in [1.29, 1.82) is 0 Å². The van der Waals surface area contributed by atoms with Gasteiger partial charge < -0.3 is 18.7 Å². The van der Waals surface area contributed by atoms with Crippen molar-refractivity contribution in [2.24, 2.45) is 0 Å². The van der Waals surface area contributed by atoms with E-state index in [0.717, 1.165) is 34.3 Å². The second-order valence-electron chi connectivity index (χ2n) is 7.90. The summed E-state index contributed by atoms with van der Waals surface area (Å²) in [7, 11) is 6.00. The fraction of sp³-hybridized carbons (Fsp3) is 0.348. The van der Waals surface area contributed by atoms with Crippen LogP contribution in [0.15, 0.2) is 42.5 Å². The van der Waals surface area contributed by atoms with Gasteiger partial charge in [0, 0.05) is 6.42 Å². The molecule has 0 aliphatic carbocycles. The molecule has 0 spiro atoms. The van der Waals surface area contributed by atoms with Crippen LogP contribution in [0.2, 0.25) is 0 Å². The Balaban J connectivity index is 1.67. The molecule has 2 aromatic carbocycles. The SMILES string of the molecule is COc1c2c(cc3c1C(CC(=O)C=Cc1ccccc1)[N+](C)(C)CC3)OCO2. The number of quaternary nitrogens is 1. The van der Waals surface area contributed by atoms with Crippen LogP contribution in [0.5, 0.6) is 17.2 Å². The van der Waals surface area contributed by atoms with Crippen molar-refractivity contribution >= 4 is 11.9 Å². The molecule has 2 aromatic rings. The van der Waals surface area contributed by atoms with Gasteiger partial charge in [0.1, 0.15) is 6.04 Å². The van der Waals surface area contributed by atoms with E-state index in [1.807, 2.05) is 36.4 Å². The number of allylic oxidation sites excluding steroid dienone is 1. The molecule has 2 aliphatic rings. The largest absolute Gasteiger partial charge is 0.492 e. The quantitative estimate of drug-likeness (QED) is 0.585. The lowest BCUT2D eigenvalue weighted by molar-refractivity contribution is -0.922. The summed E-state index contributed by atoms with van der Waals surface area (Å²) in [4.78, 5) is 12.8. The summed E-state index contributed by atoms with van der Waals surface area (Å²) in [6, 6.07) is 11.9. The lowest BCUT2D eigenvalue weighted by Crippen LogP contribution is -2.48. The van der Waals surface area contributed by atoms with Gasteiger partial charge in [0.25, 0.3) is 0 Å². The van der Waals surface area contributed by atoms with Gasteiger partial charge in [-0.15, -0.1) is 0 Å². The van der Waals surface area contributed by atoms with Gasteiger partial charge in [-0.25, -0.2) is 0 Å². The number of hydrogen-bond donors (Lipinski definition) is 0. The Bertz CT molecular complexity index is 918. The van der Waals surface area contributed by atoms with Crippen molar-refractivity contribution < 1.29 is 23.5 Å². The monoisotopic (exact) mass is 380 g/mol. The lowest BCUT2D eigenvalue weighted by Gasteiger charge is -2.43. The van der Waals surface area contributed by atoms with E-state index in [9.17, 15) is 4.79 Å². The zero-order chi connectivity index (χ0) is 19.7. The fourth-order valence-corrected chi connectivity index (χ4v) is 4.13. The number of fused-ring (bicyclic) bond motifs is 2. The minimum Gasteiger partial charge on any atom is -0.492 e. The average Bonchev–Trinajstić information content (AvgIpc) is 3.16. The van der Waals surface area contributed by atoms with Crippen LogP contribution in [0, 0.1) is 0 Å². The molecule has 28 heavy (non-hydrogen) atoms. The highest BCUT2D eigenvalue weighted by molar-refractivity contribution is 5.94. The maximum absolute atomic E-state index is 12.8. The predicted molar refractivity (Wildman–Crippen MR) is 108 cm³/mol. The van der Waals surface area contributed by atoms with Crippen molar-refractivity contribution in [2.75, 3.05) is 34.5 Å². The molecule has 0 bridgehead atoms. The van der Waals surface area contributed by atoms with Gasteiger partial charge in [-0.1, -0.05) is 36.4 Å². The molecular formula is C23H26NO4+. The first-order chi connectivity index (χ1) is 13.5. The predicted octanol–water partition coefficient (Wildman–Crippen LogP) is 3.77. The molecule has 1 atom stereocenters. The first kappa shape index (κ1) is 18.6. The molecule has 4 rings (SSSR count). The van der Waals surface area contributed by atoms with Gasteiger partial charge in [0.15, 0.2) is 17.3 Å². The molecule has 146 valence electrons. The van der Waals surface area contributed by atoms with Crippen LogP contribution in [0.3, 0.4) is 0 Å². The van der Waals surface area contributed by atoms with Crippen LogP contribution in [0.1, 0.15) is 29.2 Å². The molecular weight excluding hydrogens is 354 g/mol. The van der Waals surface area contributed by atoms with E-state index in [1.165, 1.54) is 5.56 Å². The summed E-state index contributed by atoms with van der Waals surface area (Å²) < 4.78 is 17.7. The second kappa shape index (κ2) is 7.32. The molecule has 5 nitrogen and oxygen atoms in total. The van der Waals surface area contributed by atoms with E-state index in [-0.39, 0.29) is 18.6 Å². The van der Waals surface area contributed by atoms with Crippen LogP contribution in [-0.2, 0) is 11.2 Å². The van der Waals surface area contributed by atoms with Gasteiger partial charge in [-0.2, -0.15) is 0 Å². The molecule has 5 heteroatoms. The topological polar surface area (TPSA) is 44.8 Å². The number of rotatable bonds is 5. The standard InChI is InChI=1S/C23H26NO4/c1-24(2)12-11-17-13-20-22(28-15-27-20)23(26-3)21(17)19(24)14-18(25)10-9-16-7-5-4-6-8-16/h4-10,13,19H,11-12,14-15H2,1-3H3/q+1. The molecule has 0 aromatic heterocycles. The number of benzene rings is 2. The number of nitrogens with zero attached hydrogens (tertiary/aromatic N) is 1. The summed E-state index contributed by atoms with van der Waals surface area (Å²) in [5.74, 6) is 2.20. The number of ketones is 1. The van der Waals surface area contributed by atoms with Crippen LogP contribution in [0.4, 0.5) is 0 Å². The van der Waals surface area contributed by atoms with Gasteiger partial charge in [-0.05, 0) is 23.3 Å². The minimum atomic E-state index is 0.00104. The van der Waals surface area contributed by atoms with Crippen molar-refractivity contribution in [2.45, 2.75) is 18.9 Å². The van der Waals surface area contributed by atoms with E-state index >= 15 is 0 Å². The van der Waals surface area contributed by atoms with Gasteiger partial charge in [-0.3, -0.25) is 4.79 Å². The third-order valence-electron chi connectivity index (χ3n) is 5.74. The average molecular weight is 380 g/mol. The van der Waals surface area contributed by atoms with Crippen LogP contribution < -0.4 is 14.2 Å². The normalized spacial score (nSPS) is 19.5. The maximum atomic E-state index is 12.8. The molecule has 0 amide bonds. The molecule has 0 saturated heterocycles. The summed E-state index contributed by atoms with van der Waals surface area (Å²) >= 11 is 0. The van der Waals surface area contributed by atoms with E-state index in [0.29, 0.717) is 17.9 Å². The summed E-state index contributed by atoms with van der Waals surface area (Å²) in [6.45, 7) is 1.16. The van der Waals surface area contributed by atoms with E-state index in [2.05, 4.69) is 20.2 Å². The van der Waals surface area contributed by atoms with Crippen LogP contribution in [-0.4, -0.2) is 44.8 Å². The second-order valence-corrected chi connectivity index (χ2v) is 7.90. The van der Waals surface area contributed by atoms with Gasteiger partial charge in [0.05, 0.1) is 39.7 Å². The van der Waals surface area contributed by atoms with Crippen LogP contribution >= 0.6 is 0 Å². The minimum absolute atomic E-state index is 0.00104. The van der Waals surface area contributed by atoms with Crippen LogP contribution in [0.25, 0.3) is 6.08 Å². The summed E-state index contributed by atoms with van der Waals surface area (Å²) in [5, 5.41) is 0. The maximum Gasteiger partial charge on any atom is 0.231 e. The number of likely N-dealkylation sites (N-methyl/N-ethyl adjacent to an activating group) is 1. The molecule has 0 saturated carbocycles. The zero-order valence-electron chi connectivity index (χ0n) is 16.6. The number of carbonyl (C=O) groups is 1. The number of carbonyl (C=O) groups excluding carboxylic acids is 1. The van der Waals surface area contributed by atoms with Crippen molar-refractivity contribution in [3.8, 4) is 17.2 Å². The van der Waals surface area contributed by atoms with E-state index in [4.69, 9.17) is 14.2 Å². The smallest absolute Gasteiger partial charge is 0.231 e. The Kier molecular flexibility index (Phi) is 4.85. The molecule has 0 radical (unpaired) electrons. The fourth-order valence-electron chi connectivity index (χ4n) is 4.13. The number of methoxy groups -OCH3 is 1. The number of hydrogen-bond acceptors (Lipinski definition) is 4. The first-order valence-electron chi connectivity index (χ1n) is 9.57.